The van der Waals surface area contributed by atoms with Gasteiger partial charge in [0.15, 0.2) is 0 Å². The number of aromatic nitrogens is 2. The van der Waals surface area contributed by atoms with Gasteiger partial charge in [-0.2, -0.15) is 0 Å². The molecule has 0 radical (unpaired) electrons. The Balaban J connectivity index is 2.22. The molecule has 1 aromatic heterocycles. The van der Waals surface area contributed by atoms with Crippen LogP contribution in [0.1, 0.15) is 28.4 Å². The van der Waals surface area contributed by atoms with Crippen molar-refractivity contribution in [1.29, 1.82) is 0 Å². The molecule has 1 saturated heterocycles. The Bertz CT molecular complexity index is 638. The quantitative estimate of drug-likeness (QED) is 0.642. The highest BCUT2D eigenvalue weighted by Crippen LogP contribution is 2.29. The Morgan fingerprint density at radius 2 is 2.12 bits per heavy atom. The molecule has 1 aliphatic heterocycles. The smallest absolute Gasteiger partial charge is 0.254 e. The Morgan fingerprint density at radius 3 is 2.77 bits per heavy atom. The minimum Gasteiger partial charge on any atom is -0.383 e. The topological polar surface area (TPSA) is 96.9 Å². The third-order valence-corrected chi connectivity index (χ3v) is 4.24. The molecule has 0 aliphatic carbocycles. The Morgan fingerprint density at radius 1 is 1.35 bits per heavy atom. The van der Waals surface area contributed by atoms with Crippen molar-refractivity contribution in [1.82, 2.24) is 20.2 Å². The van der Waals surface area contributed by atoms with E-state index >= 15 is 0 Å². The lowest BCUT2D eigenvalue weighted by molar-refractivity contribution is -0.134. The van der Waals surface area contributed by atoms with Crippen LogP contribution in [0.4, 0.5) is 5.95 Å². The highest BCUT2D eigenvalue weighted by Gasteiger charge is 2.31. The first kappa shape index (κ1) is 20.1. The molecule has 0 spiro atoms. The van der Waals surface area contributed by atoms with Crippen molar-refractivity contribution >= 4 is 17.8 Å². The van der Waals surface area contributed by atoms with Gasteiger partial charge < -0.3 is 24.6 Å². The van der Waals surface area contributed by atoms with Gasteiger partial charge >= 0.3 is 0 Å². The van der Waals surface area contributed by atoms with Crippen LogP contribution in [0.2, 0.25) is 0 Å². The minimum absolute atomic E-state index is 0.0133. The monoisotopic (exact) mass is 365 g/mol. The van der Waals surface area contributed by atoms with Crippen molar-refractivity contribution < 1.29 is 19.1 Å². The van der Waals surface area contributed by atoms with Gasteiger partial charge in [0.25, 0.3) is 5.91 Å². The van der Waals surface area contributed by atoms with E-state index in [2.05, 4.69) is 15.3 Å². The van der Waals surface area contributed by atoms with Crippen LogP contribution in [0.15, 0.2) is 6.20 Å². The standard InChI is InChI=1S/C17H27N5O4/c1-21(2)17-19-9-13(16(24)18-6-8-25-3)15(20-17)12-5-7-22(10-12)14(23)11-26-4/h9,12H,5-8,10-11H2,1-4H3,(H,18,24). The zero-order valence-corrected chi connectivity index (χ0v) is 15.8. The molecule has 144 valence electrons. The minimum atomic E-state index is -0.232. The van der Waals surface area contributed by atoms with Gasteiger partial charge in [0.05, 0.1) is 17.9 Å². The summed E-state index contributed by atoms with van der Waals surface area (Å²) in [5.41, 5.74) is 1.11. The maximum Gasteiger partial charge on any atom is 0.254 e. The lowest BCUT2D eigenvalue weighted by Gasteiger charge is -2.19. The summed E-state index contributed by atoms with van der Waals surface area (Å²) in [6.45, 7) is 2.04. The third-order valence-electron chi connectivity index (χ3n) is 4.24. The molecule has 1 unspecified atom stereocenters. The Hall–Kier alpha value is -2.26. The number of amides is 2. The molecule has 2 amide bonds. The number of rotatable bonds is 8. The van der Waals surface area contributed by atoms with Gasteiger partial charge in [-0.1, -0.05) is 0 Å². The van der Waals surface area contributed by atoms with E-state index < -0.39 is 0 Å². The van der Waals surface area contributed by atoms with Gasteiger partial charge in [0, 0.05) is 60.1 Å². The second kappa shape index (κ2) is 9.44. The SMILES string of the molecule is COCCNC(=O)c1cnc(N(C)C)nc1C1CCN(C(=O)COC)C1. The fourth-order valence-electron chi connectivity index (χ4n) is 2.87. The van der Waals surface area contributed by atoms with Gasteiger partial charge in [0.1, 0.15) is 6.61 Å². The molecule has 0 saturated carbocycles. The summed E-state index contributed by atoms with van der Waals surface area (Å²) in [6.07, 6.45) is 2.30. The number of nitrogens with one attached hydrogen (secondary N) is 1. The molecule has 0 aromatic carbocycles. The summed E-state index contributed by atoms with van der Waals surface area (Å²) in [6, 6.07) is 0. The number of carbonyl (C=O) groups is 2. The zero-order chi connectivity index (χ0) is 19.1. The van der Waals surface area contributed by atoms with Crippen LogP contribution >= 0.6 is 0 Å². The van der Waals surface area contributed by atoms with Gasteiger partial charge in [-0.05, 0) is 6.42 Å². The summed E-state index contributed by atoms with van der Waals surface area (Å²) in [7, 11) is 6.78. The molecule has 2 heterocycles. The molecule has 1 atom stereocenters. The molecule has 9 heteroatoms. The van der Waals surface area contributed by atoms with Crippen LogP contribution < -0.4 is 10.2 Å². The van der Waals surface area contributed by atoms with Crippen LogP contribution in [-0.4, -0.2) is 87.8 Å². The number of carbonyl (C=O) groups excluding carboxylic acids is 2. The molecule has 0 bridgehead atoms. The molecule has 1 aliphatic rings. The number of ether oxygens (including phenoxy) is 2. The van der Waals surface area contributed by atoms with Gasteiger partial charge in [-0.25, -0.2) is 9.97 Å². The molecule has 9 nitrogen and oxygen atoms in total. The zero-order valence-electron chi connectivity index (χ0n) is 15.8. The van der Waals surface area contributed by atoms with E-state index in [4.69, 9.17) is 9.47 Å². The molecule has 1 N–H and O–H groups in total. The average molecular weight is 365 g/mol. The maximum absolute atomic E-state index is 12.5. The lowest BCUT2D eigenvalue weighted by atomic mass is 10.00. The van der Waals surface area contributed by atoms with E-state index in [9.17, 15) is 9.59 Å². The highest BCUT2D eigenvalue weighted by atomic mass is 16.5. The molecule has 1 fully saturated rings. The summed E-state index contributed by atoms with van der Waals surface area (Å²) in [5, 5.41) is 2.81. The molecule has 2 rings (SSSR count). The van der Waals surface area contributed by atoms with Crippen LogP contribution in [0, 0.1) is 0 Å². The van der Waals surface area contributed by atoms with Crippen molar-refractivity contribution in [3.05, 3.63) is 17.5 Å². The first-order valence-electron chi connectivity index (χ1n) is 8.56. The molecular weight excluding hydrogens is 338 g/mol. The first-order valence-corrected chi connectivity index (χ1v) is 8.56. The second-order valence-corrected chi connectivity index (χ2v) is 6.37. The molecular formula is C17H27N5O4. The van der Waals surface area contributed by atoms with Crippen LogP contribution in [0.3, 0.4) is 0 Å². The van der Waals surface area contributed by atoms with Gasteiger partial charge in [0.2, 0.25) is 11.9 Å². The first-order chi connectivity index (χ1) is 12.5. The number of likely N-dealkylation sites (tertiary alicyclic amines) is 1. The number of nitrogens with zero attached hydrogens (tertiary/aromatic N) is 4. The summed E-state index contributed by atoms with van der Waals surface area (Å²) >= 11 is 0. The summed E-state index contributed by atoms with van der Waals surface area (Å²) in [5.74, 6) is 0.239. The van der Waals surface area contributed by atoms with E-state index in [-0.39, 0.29) is 24.3 Å². The number of hydrogen-bond donors (Lipinski definition) is 1. The highest BCUT2D eigenvalue weighted by molar-refractivity contribution is 5.95. The maximum atomic E-state index is 12.5. The summed E-state index contributed by atoms with van der Waals surface area (Å²) < 4.78 is 9.89. The predicted octanol–water partition coefficient (Wildman–Crippen LogP) is -0.119. The van der Waals surface area contributed by atoms with E-state index in [1.165, 1.54) is 7.11 Å². The van der Waals surface area contributed by atoms with Gasteiger partial charge in [-0.15, -0.1) is 0 Å². The predicted molar refractivity (Wildman–Crippen MR) is 96.4 cm³/mol. The number of anilines is 1. The largest absolute Gasteiger partial charge is 0.383 e. The van der Waals surface area contributed by atoms with Gasteiger partial charge in [-0.3, -0.25) is 9.59 Å². The number of methoxy groups -OCH3 is 2. The second-order valence-electron chi connectivity index (χ2n) is 6.37. The molecule has 26 heavy (non-hydrogen) atoms. The fourth-order valence-corrected chi connectivity index (χ4v) is 2.87. The van der Waals surface area contributed by atoms with Crippen LogP contribution in [-0.2, 0) is 14.3 Å². The van der Waals surface area contributed by atoms with E-state index in [0.717, 1.165) is 6.42 Å². The molecule has 1 aromatic rings. The van der Waals surface area contributed by atoms with Crippen molar-refractivity contribution in [2.24, 2.45) is 0 Å². The van der Waals surface area contributed by atoms with E-state index in [1.807, 2.05) is 14.1 Å². The van der Waals surface area contributed by atoms with Crippen molar-refractivity contribution in [3.8, 4) is 0 Å². The third kappa shape index (κ3) is 4.89. The fraction of sp³-hybridized carbons (Fsp3) is 0.647. The van der Waals surface area contributed by atoms with Crippen molar-refractivity contribution in [2.75, 3.05) is 66.1 Å². The average Bonchev–Trinajstić information content (AvgIpc) is 3.11. The normalized spacial score (nSPS) is 16.6. The van der Waals surface area contributed by atoms with Crippen LogP contribution in [0.25, 0.3) is 0 Å². The number of hydrogen-bond acceptors (Lipinski definition) is 7. The Labute approximate surface area is 153 Å². The Kier molecular flexibility index (Phi) is 7.28. The summed E-state index contributed by atoms with van der Waals surface area (Å²) in [4.78, 5) is 37.0. The van der Waals surface area contributed by atoms with Crippen molar-refractivity contribution in [2.45, 2.75) is 12.3 Å². The van der Waals surface area contributed by atoms with Crippen molar-refractivity contribution in [3.63, 3.8) is 0 Å². The van der Waals surface area contributed by atoms with E-state index in [1.54, 1.807) is 23.1 Å². The van der Waals surface area contributed by atoms with E-state index in [0.29, 0.717) is 43.4 Å². The van der Waals surface area contributed by atoms with Crippen LogP contribution in [0.5, 0.6) is 0 Å². The lowest BCUT2D eigenvalue weighted by Crippen LogP contribution is -2.32.